The van der Waals surface area contributed by atoms with E-state index in [1.54, 1.807) is 0 Å². The third-order valence-electron chi connectivity index (χ3n) is 3.47. The fourth-order valence-corrected chi connectivity index (χ4v) is 2.68. The van der Waals surface area contributed by atoms with Gasteiger partial charge in [0.15, 0.2) is 5.69 Å². The molecule has 1 aliphatic rings. The molecule has 0 unspecified atom stereocenters. The number of halogens is 1. The molecule has 0 atom stereocenters. The number of hydrogen-bond acceptors (Lipinski definition) is 3. The summed E-state index contributed by atoms with van der Waals surface area (Å²) < 4.78 is 0.934. The van der Waals surface area contributed by atoms with Crippen LogP contribution in [0.4, 0.5) is 5.69 Å². The Labute approximate surface area is 125 Å². The van der Waals surface area contributed by atoms with Crippen molar-refractivity contribution in [2.75, 3.05) is 11.9 Å². The van der Waals surface area contributed by atoms with Crippen LogP contribution in [0.1, 0.15) is 27.3 Å². The smallest absolute Gasteiger partial charge is 0.276 e. The van der Waals surface area contributed by atoms with E-state index in [0.29, 0.717) is 12.2 Å². The average molecular weight is 335 g/mol. The first kappa shape index (κ1) is 13.3. The molecule has 0 aliphatic carbocycles. The first-order valence-corrected chi connectivity index (χ1v) is 7.29. The van der Waals surface area contributed by atoms with Gasteiger partial charge in [0.05, 0.1) is 0 Å². The Bertz CT molecular complexity index is 665. The molecule has 6 heteroatoms. The highest BCUT2D eigenvalue weighted by atomic mass is 79.9. The van der Waals surface area contributed by atoms with Gasteiger partial charge in [-0.2, -0.15) is 5.10 Å². The third kappa shape index (κ3) is 2.48. The SMILES string of the molecule is Cc1ccc(Br)cc1NC(=O)c1n[nH]c2c1CNCC2. The minimum Gasteiger partial charge on any atom is -0.320 e. The molecular weight excluding hydrogens is 320 g/mol. The van der Waals surface area contributed by atoms with Crippen LogP contribution in [0.15, 0.2) is 22.7 Å². The van der Waals surface area contributed by atoms with Crippen LogP contribution in [-0.4, -0.2) is 22.6 Å². The largest absolute Gasteiger partial charge is 0.320 e. The number of anilines is 1. The Balaban J connectivity index is 1.86. The lowest BCUT2D eigenvalue weighted by atomic mass is 10.1. The van der Waals surface area contributed by atoms with Gasteiger partial charge in [-0.15, -0.1) is 0 Å². The van der Waals surface area contributed by atoms with E-state index >= 15 is 0 Å². The van der Waals surface area contributed by atoms with E-state index in [2.05, 4.69) is 36.8 Å². The molecule has 104 valence electrons. The summed E-state index contributed by atoms with van der Waals surface area (Å²) >= 11 is 3.41. The predicted octanol–water partition coefficient (Wildman–Crippen LogP) is 2.38. The van der Waals surface area contributed by atoms with Crippen molar-refractivity contribution in [3.63, 3.8) is 0 Å². The number of aromatic nitrogens is 2. The third-order valence-corrected chi connectivity index (χ3v) is 3.96. The van der Waals surface area contributed by atoms with E-state index in [4.69, 9.17) is 0 Å². The van der Waals surface area contributed by atoms with Crippen molar-refractivity contribution in [2.45, 2.75) is 19.9 Å². The number of hydrogen-bond donors (Lipinski definition) is 3. The molecule has 0 spiro atoms. The second-order valence-electron chi connectivity index (χ2n) is 4.87. The zero-order valence-electron chi connectivity index (χ0n) is 11.1. The number of carbonyl (C=O) groups excluding carboxylic acids is 1. The van der Waals surface area contributed by atoms with Crippen molar-refractivity contribution in [3.05, 3.63) is 45.2 Å². The molecule has 5 nitrogen and oxygen atoms in total. The first-order chi connectivity index (χ1) is 9.65. The molecule has 0 fully saturated rings. The highest BCUT2D eigenvalue weighted by molar-refractivity contribution is 9.10. The maximum atomic E-state index is 12.4. The maximum Gasteiger partial charge on any atom is 0.276 e. The van der Waals surface area contributed by atoms with Crippen LogP contribution in [0, 0.1) is 6.92 Å². The van der Waals surface area contributed by atoms with Gasteiger partial charge < -0.3 is 10.6 Å². The number of rotatable bonds is 2. The van der Waals surface area contributed by atoms with Crippen LogP contribution >= 0.6 is 15.9 Å². The van der Waals surface area contributed by atoms with E-state index in [0.717, 1.165) is 39.9 Å². The zero-order valence-corrected chi connectivity index (χ0v) is 12.7. The molecule has 20 heavy (non-hydrogen) atoms. The second kappa shape index (κ2) is 5.38. The van der Waals surface area contributed by atoms with Gasteiger partial charge in [0.1, 0.15) is 0 Å². The molecule has 3 rings (SSSR count). The van der Waals surface area contributed by atoms with Crippen molar-refractivity contribution in [3.8, 4) is 0 Å². The number of aromatic amines is 1. The summed E-state index contributed by atoms with van der Waals surface area (Å²) in [6.45, 7) is 3.57. The van der Waals surface area contributed by atoms with E-state index in [1.807, 2.05) is 25.1 Å². The zero-order chi connectivity index (χ0) is 14.1. The van der Waals surface area contributed by atoms with Crippen molar-refractivity contribution in [2.24, 2.45) is 0 Å². The molecule has 3 N–H and O–H groups in total. The molecular formula is C14H15BrN4O. The fraction of sp³-hybridized carbons (Fsp3) is 0.286. The van der Waals surface area contributed by atoms with Crippen molar-refractivity contribution >= 4 is 27.5 Å². The van der Waals surface area contributed by atoms with Crippen molar-refractivity contribution in [1.82, 2.24) is 15.5 Å². The number of carbonyl (C=O) groups is 1. The number of nitrogens with one attached hydrogen (secondary N) is 3. The van der Waals surface area contributed by atoms with Crippen LogP contribution in [-0.2, 0) is 13.0 Å². The number of amides is 1. The highest BCUT2D eigenvalue weighted by Gasteiger charge is 2.21. The first-order valence-electron chi connectivity index (χ1n) is 6.49. The van der Waals surface area contributed by atoms with Gasteiger partial charge in [0.25, 0.3) is 5.91 Å². The summed E-state index contributed by atoms with van der Waals surface area (Å²) in [5.41, 5.74) is 4.32. The van der Waals surface area contributed by atoms with E-state index in [9.17, 15) is 4.79 Å². The second-order valence-corrected chi connectivity index (χ2v) is 5.79. The predicted molar refractivity (Wildman–Crippen MR) is 80.8 cm³/mol. The standard InChI is InChI=1S/C14H15BrN4O/c1-8-2-3-9(15)6-12(8)17-14(20)13-10-7-16-5-4-11(10)18-19-13/h2-3,6,16H,4-5,7H2,1H3,(H,17,20)(H,18,19). The maximum absolute atomic E-state index is 12.4. The molecule has 1 aliphatic heterocycles. The van der Waals surface area contributed by atoms with Gasteiger partial charge in [-0.05, 0) is 24.6 Å². The molecule has 2 aromatic rings. The van der Waals surface area contributed by atoms with Gasteiger partial charge in [0, 0.05) is 40.9 Å². The minimum absolute atomic E-state index is 0.174. The van der Waals surface area contributed by atoms with Crippen LogP contribution in [0.25, 0.3) is 0 Å². The Kier molecular flexibility index (Phi) is 3.58. The topological polar surface area (TPSA) is 69.8 Å². The van der Waals surface area contributed by atoms with E-state index in [-0.39, 0.29) is 5.91 Å². The summed E-state index contributed by atoms with van der Waals surface area (Å²) in [6.07, 6.45) is 0.880. The Hall–Kier alpha value is -1.66. The van der Waals surface area contributed by atoms with Gasteiger partial charge in [-0.1, -0.05) is 22.0 Å². The van der Waals surface area contributed by atoms with Crippen LogP contribution < -0.4 is 10.6 Å². The van der Waals surface area contributed by atoms with Gasteiger partial charge >= 0.3 is 0 Å². The van der Waals surface area contributed by atoms with Crippen molar-refractivity contribution < 1.29 is 4.79 Å². The summed E-state index contributed by atoms with van der Waals surface area (Å²) in [4.78, 5) is 12.4. The summed E-state index contributed by atoms with van der Waals surface area (Å²) in [7, 11) is 0. The summed E-state index contributed by atoms with van der Waals surface area (Å²) in [5, 5.41) is 13.3. The molecule has 2 heterocycles. The number of nitrogens with zero attached hydrogens (tertiary/aromatic N) is 1. The Morgan fingerprint density at radius 3 is 3.15 bits per heavy atom. The molecule has 1 aromatic carbocycles. The lowest BCUT2D eigenvalue weighted by Crippen LogP contribution is -2.25. The van der Waals surface area contributed by atoms with Crippen LogP contribution in [0.5, 0.6) is 0 Å². The molecule has 0 radical (unpaired) electrons. The minimum atomic E-state index is -0.174. The lowest BCUT2D eigenvalue weighted by molar-refractivity contribution is 0.102. The molecule has 1 aromatic heterocycles. The van der Waals surface area contributed by atoms with Crippen molar-refractivity contribution in [1.29, 1.82) is 0 Å². The van der Waals surface area contributed by atoms with Gasteiger partial charge in [-0.3, -0.25) is 9.89 Å². The van der Waals surface area contributed by atoms with E-state index in [1.165, 1.54) is 0 Å². The van der Waals surface area contributed by atoms with Gasteiger partial charge in [-0.25, -0.2) is 0 Å². The highest BCUT2D eigenvalue weighted by Crippen LogP contribution is 2.22. The lowest BCUT2D eigenvalue weighted by Gasteiger charge is -2.13. The summed E-state index contributed by atoms with van der Waals surface area (Å²) in [6, 6.07) is 5.80. The molecule has 1 amide bonds. The Morgan fingerprint density at radius 1 is 1.45 bits per heavy atom. The fourth-order valence-electron chi connectivity index (χ4n) is 2.32. The molecule has 0 saturated heterocycles. The van der Waals surface area contributed by atoms with Crippen LogP contribution in [0.3, 0.4) is 0 Å². The molecule has 0 bridgehead atoms. The number of fused-ring (bicyclic) bond motifs is 1. The number of H-pyrrole nitrogens is 1. The monoisotopic (exact) mass is 334 g/mol. The number of benzene rings is 1. The van der Waals surface area contributed by atoms with E-state index < -0.39 is 0 Å². The number of aryl methyl sites for hydroxylation is 1. The normalized spacial score (nSPS) is 13.9. The average Bonchev–Trinajstić information content (AvgIpc) is 2.87. The quantitative estimate of drug-likeness (QED) is 0.789. The Morgan fingerprint density at radius 2 is 2.30 bits per heavy atom. The van der Waals surface area contributed by atoms with Crippen LogP contribution in [0.2, 0.25) is 0 Å². The molecule has 0 saturated carbocycles. The summed E-state index contributed by atoms with van der Waals surface area (Å²) in [5.74, 6) is -0.174. The van der Waals surface area contributed by atoms with Gasteiger partial charge in [0.2, 0.25) is 0 Å².